The summed E-state index contributed by atoms with van der Waals surface area (Å²) in [5.41, 5.74) is 1.11. The van der Waals surface area contributed by atoms with Gasteiger partial charge in [0.15, 0.2) is 0 Å². The van der Waals surface area contributed by atoms with Gasteiger partial charge in [-0.3, -0.25) is 0 Å². The van der Waals surface area contributed by atoms with Crippen molar-refractivity contribution in [3.63, 3.8) is 0 Å². The molecule has 0 bridgehead atoms. The minimum absolute atomic E-state index is 0.0800. The third kappa shape index (κ3) is 2.79. The fourth-order valence-electron chi connectivity index (χ4n) is 1.87. The zero-order valence-electron chi connectivity index (χ0n) is 10.4. The third-order valence-corrected chi connectivity index (χ3v) is 3.90. The molecular formula is C14H11ClN4S. The van der Waals surface area contributed by atoms with Crippen molar-refractivity contribution in [2.75, 3.05) is 5.32 Å². The number of nitrogens with zero attached hydrogens (tertiary/aromatic N) is 3. The maximum atomic E-state index is 6.11. The van der Waals surface area contributed by atoms with Crippen LogP contribution in [0.25, 0.3) is 0 Å². The minimum Gasteiger partial charge on any atom is -0.355 e. The molecule has 6 heteroatoms. The first-order valence-corrected chi connectivity index (χ1v) is 7.27. The van der Waals surface area contributed by atoms with Gasteiger partial charge in [0.05, 0.1) is 6.20 Å². The molecule has 0 amide bonds. The van der Waals surface area contributed by atoms with Crippen LogP contribution in [-0.2, 0) is 0 Å². The molecule has 0 radical (unpaired) electrons. The van der Waals surface area contributed by atoms with Gasteiger partial charge in [0.2, 0.25) is 0 Å². The Kier molecular flexibility index (Phi) is 3.90. The Hall–Kier alpha value is -1.98. The van der Waals surface area contributed by atoms with E-state index in [1.54, 1.807) is 23.7 Å². The second-order valence-electron chi connectivity index (χ2n) is 4.08. The van der Waals surface area contributed by atoms with Crippen molar-refractivity contribution in [1.82, 2.24) is 15.0 Å². The maximum absolute atomic E-state index is 6.11. The monoisotopic (exact) mass is 302 g/mol. The molecule has 1 unspecified atom stereocenters. The van der Waals surface area contributed by atoms with E-state index in [0.717, 1.165) is 10.6 Å². The average molecular weight is 303 g/mol. The molecule has 4 nitrogen and oxygen atoms in total. The van der Waals surface area contributed by atoms with Crippen LogP contribution in [0.1, 0.15) is 16.6 Å². The fraction of sp³-hybridized carbons (Fsp3) is 0.0714. The summed E-state index contributed by atoms with van der Waals surface area (Å²) in [7, 11) is 0. The van der Waals surface area contributed by atoms with E-state index in [1.165, 1.54) is 6.33 Å². The van der Waals surface area contributed by atoms with Gasteiger partial charge in [0.25, 0.3) is 0 Å². The summed E-state index contributed by atoms with van der Waals surface area (Å²) in [6.07, 6.45) is 4.83. The molecule has 0 fully saturated rings. The van der Waals surface area contributed by atoms with E-state index in [9.17, 15) is 0 Å². The first kappa shape index (κ1) is 13.0. The summed E-state index contributed by atoms with van der Waals surface area (Å²) in [5.74, 6) is 0.603. The second kappa shape index (κ2) is 5.98. The summed E-state index contributed by atoms with van der Waals surface area (Å²) in [4.78, 5) is 12.5. The first-order chi connectivity index (χ1) is 9.84. The molecule has 0 aliphatic heterocycles. The Labute approximate surface area is 125 Å². The molecule has 0 saturated heterocycles. The lowest BCUT2D eigenvalue weighted by Crippen LogP contribution is -2.13. The second-order valence-corrected chi connectivity index (χ2v) is 5.41. The maximum Gasteiger partial charge on any atom is 0.149 e. The van der Waals surface area contributed by atoms with Crippen molar-refractivity contribution in [2.24, 2.45) is 0 Å². The molecule has 1 N–H and O–H groups in total. The third-order valence-electron chi connectivity index (χ3n) is 2.78. The van der Waals surface area contributed by atoms with Crippen LogP contribution in [0.15, 0.2) is 54.4 Å². The molecule has 2 aromatic heterocycles. The van der Waals surface area contributed by atoms with Gasteiger partial charge in [-0.1, -0.05) is 41.9 Å². The van der Waals surface area contributed by atoms with Crippen LogP contribution in [0.2, 0.25) is 5.02 Å². The van der Waals surface area contributed by atoms with Gasteiger partial charge in [-0.15, -0.1) is 11.3 Å². The number of anilines is 1. The van der Waals surface area contributed by atoms with Crippen molar-refractivity contribution < 1.29 is 0 Å². The first-order valence-electron chi connectivity index (χ1n) is 6.01. The number of hydrogen-bond donors (Lipinski definition) is 1. The number of aromatic nitrogens is 3. The molecule has 3 aromatic rings. The van der Waals surface area contributed by atoms with Gasteiger partial charge in [-0.25, -0.2) is 15.0 Å². The van der Waals surface area contributed by atoms with Gasteiger partial charge in [-0.05, 0) is 5.56 Å². The lowest BCUT2D eigenvalue weighted by molar-refractivity contribution is 0.906. The highest BCUT2D eigenvalue weighted by Gasteiger charge is 2.18. The molecule has 3 rings (SSSR count). The molecule has 0 aliphatic carbocycles. The number of rotatable bonds is 4. The van der Waals surface area contributed by atoms with E-state index in [-0.39, 0.29) is 6.04 Å². The van der Waals surface area contributed by atoms with Crippen LogP contribution in [0.4, 0.5) is 5.82 Å². The molecule has 20 heavy (non-hydrogen) atoms. The van der Waals surface area contributed by atoms with Gasteiger partial charge < -0.3 is 5.32 Å². The van der Waals surface area contributed by atoms with E-state index in [0.29, 0.717) is 10.8 Å². The van der Waals surface area contributed by atoms with Gasteiger partial charge >= 0.3 is 0 Å². The van der Waals surface area contributed by atoms with Gasteiger partial charge in [0.1, 0.15) is 28.2 Å². The summed E-state index contributed by atoms with van der Waals surface area (Å²) in [6.45, 7) is 0. The summed E-state index contributed by atoms with van der Waals surface area (Å²) < 4.78 is 0. The van der Waals surface area contributed by atoms with Crippen molar-refractivity contribution in [1.29, 1.82) is 0 Å². The van der Waals surface area contributed by atoms with Gasteiger partial charge in [-0.2, -0.15) is 0 Å². The molecular weight excluding hydrogens is 292 g/mol. The molecule has 0 saturated carbocycles. The zero-order valence-corrected chi connectivity index (χ0v) is 12.0. The van der Waals surface area contributed by atoms with E-state index in [4.69, 9.17) is 11.6 Å². The van der Waals surface area contributed by atoms with Crippen LogP contribution in [0, 0.1) is 0 Å². The highest BCUT2D eigenvalue weighted by atomic mass is 35.5. The zero-order chi connectivity index (χ0) is 13.8. The highest BCUT2D eigenvalue weighted by molar-refractivity contribution is 7.09. The highest BCUT2D eigenvalue weighted by Crippen LogP contribution is 2.29. The Bertz CT molecular complexity index is 673. The van der Waals surface area contributed by atoms with Crippen LogP contribution in [-0.4, -0.2) is 15.0 Å². The number of thiazole rings is 1. The average Bonchev–Trinajstić information content (AvgIpc) is 3.01. The van der Waals surface area contributed by atoms with E-state index < -0.39 is 0 Å². The van der Waals surface area contributed by atoms with E-state index in [2.05, 4.69) is 20.3 Å². The number of benzene rings is 1. The summed E-state index contributed by atoms with van der Waals surface area (Å²) in [6, 6.07) is 10.0. The Morgan fingerprint density at radius 3 is 2.70 bits per heavy atom. The molecule has 100 valence electrons. The Morgan fingerprint density at radius 1 is 1.15 bits per heavy atom. The van der Waals surface area contributed by atoms with Crippen molar-refractivity contribution in [3.05, 3.63) is 70.0 Å². The normalized spacial score (nSPS) is 12.1. The Morgan fingerprint density at radius 2 is 2.00 bits per heavy atom. The molecule has 1 aromatic carbocycles. The van der Waals surface area contributed by atoms with Crippen LogP contribution >= 0.6 is 22.9 Å². The van der Waals surface area contributed by atoms with Crippen LogP contribution in [0.3, 0.4) is 0 Å². The molecule has 2 heterocycles. The van der Waals surface area contributed by atoms with Gasteiger partial charge in [0, 0.05) is 11.6 Å². The van der Waals surface area contributed by atoms with Crippen molar-refractivity contribution >= 4 is 28.8 Å². The predicted octanol–water partition coefficient (Wildman–Crippen LogP) is 3.79. The molecule has 0 aliphatic rings. The smallest absolute Gasteiger partial charge is 0.149 e. The summed E-state index contributed by atoms with van der Waals surface area (Å²) in [5, 5.41) is 6.74. The largest absolute Gasteiger partial charge is 0.355 e. The summed E-state index contributed by atoms with van der Waals surface area (Å²) >= 11 is 7.70. The lowest BCUT2D eigenvalue weighted by atomic mass is 10.1. The van der Waals surface area contributed by atoms with Crippen LogP contribution < -0.4 is 5.32 Å². The van der Waals surface area contributed by atoms with Crippen molar-refractivity contribution in [2.45, 2.75) is 6.04 Å². The fourth-order valence-corrected chi connectivity index (χ4v) is 2.74. The van der Waals surface area contributed by atoms with Crippen molar-refractivity contribution in [3.8, 4) is 0 Å². The number of nitrogens with one attached hydrogen (secondary N) is 1. The molecule has 1 atom stereocenters. The number of hydrogen-bond acceptors (Lipinski definition) is 5. The topological polar surface area (TPSA) is 50.7 Å². The minimum atomic E-state index is -0.0800. The standard InChI is InChI=1S/C14H11ClN4S/c15-11-8-16-9-18-13(11)19-12(14-17-6-7-20-14)10-4-2-1-3-5-10/h1-9,12H,(H,16,18,19). The van der Waals surface area contributed by atoms with E-state index in [1.807, 2.05) is 35.7 Å². The Balaban J connectivity index is 1.97. The van der Waals surface area contributed by atoms with Crippen LogP contribution in [0.5, 0.6) is 0 Å². The quantitative estimate of drug-likeness (QED) is 0.796. The molecule has 0 spiro atoms. The SMILES string of the molecule is Clc1cncnc1NC(c1ccccc1)c1nccs1. The van der Waals surface area contributed by atoms with E-state index >= 15 is 0 Å². The lowest BCUT2D eigenvalue weighted by Gasteiger charge is -2.18. The predicted molar refractivity (Wildman–Crippen MR) is 81.1 cm³/mol. The number of halogens is 1.